The molecule has 0 radical (unpaired) electrons. The standard InChI is InChI=1S/2C2H5.H2O.Ti/c2*1-2;;/h2*1H2,2H3;1H2;. The first-order valence-electron chi connectivity index (χ1n) is 2.12. The van der Waals surface area contributed by atoms with Crippen molar-refractivity contribution in [1.29, 1.82) is 0 Å². The molecule has 0 unspecified atom stereocenters. The smallest absolute Gasteiger partial charge is 0.412 e. The van der Waals surface area contributed by atoms with E-state index < -0.39 is 0 Å². The fourth-order valence-corrected chi connectivity index (χ4v) is 1.03. The SMILES string of the molecule is C[CH2][Ti][CH2]C.O. The van der Waals surface area contributed by atoms with Crippen LogP contribution in [0.1, 0.15) is 13.8 Å². The molecule has 0 atom stereocenters. The van der Waals surface area contributed by atoms with Crippen molar-refractivity contribution in [2.24, 2.45) is 0 Å². The van der Waals surface area contributed by atoms with Crippen LogP contribution in [0.3, 0.4) is 0 Å². The Labute approximate surface area is 48.4 Å². The first-order chi connectivity index (χ1) is 2.41. The predicted octanol–water partition coefficient (Wildman–Crippen LogP) is 1.12. The van der Waals surface area contributed by atoms with Gasteiger partial charge in [0, 0.05) is 0 Å². The molecule has 0 spiro atoms. The van der Waals surface area contributed by atoms with Gasteiger partial charge in [-0.25, -0.2) is 0 Å². The van der Waals surface area contributed by atoms with Gasteiger partial charge in [-0.2, -0.15) is 0 Å². The second-order valence-corrected chi connectivity index (χ2v) is 3.95. The Balaban J connectivity index is 0. The van der Waals surface area contributed by atoms with Crippen molar-refractivity contribution in [3.8, 4) is 0 Å². The molecule has 0 heterocycles. The second kappa shape index (κ2) is 9.18. The minimum absolute atomic E-state index is 0. The Hall–Kier alpha value is 0.674. The van der Waals surface area contributed by atoms with E-state index in [0.717, 1.165) is 0 Å². The van der Waals surface area contributed by atoms with Crippen molar-refractivity contribution in [3.05, 3.63) is 0 Å². The van der Waals surface area contributed by atoms with Crippen molar-refractivity contribution in [1.82, 2.24) is 0 Å². The third-order valence-electron chi connectivity index (χ3n) is 0.500. The van der Waals surface area contributed by atoms with Gasteiger partial charge in [0.1, 0.15) is 0 Å². The van der Waals surface area contributed by atoms with E-state index in [1.54, 1.807) is 0 Å². The average molecular weight is 124 g/mol. The van der Waals surface area contributed by atoms with Crippen molar-refractivity contribution >= 4 is 0 Å². The topological polar surface area (TPSA) is 31.5 Å². The second-order valence-electron chi connectivity index (χ2n) is 0.957. The van der Waals surface area contributed by atoms with Crippen LogP contribution in [0.25, 0.3) is 0 Å². The quantitative estimate of drug-likeness (QED) is 0.494. The van der Waals surface area contributed by atoms with Gasteiger partial charge in [-0.05, 0) is 0 Å². The summed E-state index contributed by atoms with van der Waals surface area (Å²) in [5, 5.41) is 0. The van der Waals surface area contributed by atoms with Gasteiger partial charge >= 0.3 is 42.5 Å². The maximum absolute atomic E-state index is 2.27. The molecule has 1 nitrogen and oxygen atoms in total. The zero-order chi connectivity index (χ0) is 4.12. The van der Waals surface area contributed by atoms with Crippen LogP contribution >= 0.6 is 0 Å². The van der Waals surface area contributed by atoms with Crippen molar-refractivity contribution < 1.29 is 24.6 Å². The van der Waals surface area contributed by atoms with E-state index >= 15 is 0 Å². The molecule has 0 aliphatic heterocycles. The van der Waals surface area contributed by atoms with Gasteiger partial charge in [-0.3, -0.25) is 0 Å². The number of hydrogen-bond acceptors (Lipinski definition) is 0. The Kier molecular flexibility index (Phi) is 15.1. The predicted molar refractivity (Wildman–Crippen MR) is 24.6 cm³/mol. The van der Waals surface area contributed by atoms with Crippen LogP contribution < -0.4 is 0 Å². The van der Waals surface area contributed by atoms with E-state index in [-0.39, 0.29) is 5.48 Å². The largest absolute Gasteiger partial charge is 0.412 e. The van der Waals surface area contributed by atoms with Crippen LogP contribution in [0.15, 0.2) is 0 Å². The molecule has 6 heavy (non-hydrogen) atoms. The monoisotopic (exact) mass is 124 g/mol. The molecule has 0 fully saturated rings. The summed E-state index contributed by atoms with van der Waals surface area (Å²) in [5.41, 5.74) is 0. The maximum atomic E-state index is 2.27. The van der Waals surface area contributed by atoms with Gasteiger partial charge in [-0.1, -0.05) is 0 Å². The summed E-state index contributed by atoms with van der Waals surface area (Å²) in [6.07, 6.45) is 0. The Morgan fingerprint density at radius 2 is 1.50 bits per heavy atom. The van der Waals surface area contributed by atoms with E-state index in [0.29, 0.717) is 19.2 Å². The molecule has 0 aliphatic rings. The summed E-state index contributed by atoms with van der Waals surface area (Å²) in [4.78, 5) is 0. The summed E-state index contributed by atoms with van der Waals surface area (Å²) in [6.45, 7) is 4.53. The molecule has 38 valence electrons. The van der Waals surface area contributed by atoms with Gasteiger partial charge in [0.25, 0.3) is 0 Å². The third kappa shape index (κ3) is 8.82. The average Bonchev–Trinajstić information content (AvgIpc) is 1.41. The molecule has 0 rings (SSSR count). The third-order valence-corrected chi connectivity index (χ3v) is 2.06. The van der Waals surface area contributed by atoms with Crippen LogP contribution in [0.5, 0.6) is 0 Å². The molecule has 0 saturated heterocycles. The maximum Gasteiger partial charge on any atom is -0.412 e. The van der Waals surface area contributed by atoms with Crippen LogP contribution in [0.4, 0.5) is 0 Å². The molecule has 0 aromatic rings. The van der Waals surface area contributed by atoms with Gasteiger partial charge in [-0.15, -0.1) is 0 Å². The zero-order valence-corrected chi connectivity index (χ0v) is 5.98. The minimum Gasteiger partial charge on any atom is -0.412 e. The van der Waals surface area contributed by atoms with Crippen LogP contribution in [0.2, 0.25) is 9.45 Å². The molecular weight excluding hydrogens is 112 g/mol. The van der Waals surface area contributed by atoms with E-state index in [2.05, 4.69) is 13.8 Å². The van der Waals surface area contributed by atoms with Gasteiger partial charge in [0.2, 0.25) is 0 Å². The van der Waals surface area contributed by atoms with Crippen LogP contribution in [-0.4, -0.2) is 5.48 Å². The first-order valence-corrected chi connectivity index (χ1v) is 4.33. The number of hydrogen-bond donors (Lipinski definition) is 0. The van der Waals surface area contributed by atoms with E-state index in [1.807, 2.05) is 0 Å². The minimum atomic E-state index is 0. The summed E-state index contributed by atoms with van der Waals surface area (Å²) in [5.74, 6) is 0. The summed E-state index contributed by atoms with van der Waals surface area (Å²) in [7, 11) is 0. The molecule has 2 N–H and O–H groups in total. The zero-order valence-electron chi connectivity index (χ0n) is 4.41. The Bertz CT molecular complexity index is 15.0. The molecule has 0 aromatic heterocycles. The molecular formula is C4H12OTi. The van der Waals surface area contributed by atoms with Crippen molar-refractivity contribution in [2.45, 2.75) is 23.3 Å². The molecule has 0 saturated carbocycles. The van der Waals surface area contributed by atoms with Crippen LogP contribution in [0, 0.1) is 0 Å². The summed E-state index contributed by atoms with van der Waals surface area (Å²) < 4.78 is 2.94. The fourth-order valence-electron chi connectivity index (χ4n) is 0.250. The fraction of sp³-hybridized carbons (Fsp3) is 1.00. The van der Waals surface area contributed by atoms with Gasteiger partial charge in [0.15, 0.2) is 0 Å². The van der Waals surface area contributed by atoms with Crippen molar-refractivity contribution in [3.63, 3.8) is 0 Å². The van der Waals surface area contributed by atoms with Crippen LogP contribution in [-0.2, 0) is 19.2 Å². The van der Waals surface area contributed by atoms with E-state index in [9.17, 15) is 0 Å². The first kappa shape index (κ1) is 9.84. The normalized spacial score (nSPS) is 6.33. The van der Waals surface area contributed by atoms with E-state index in [1.165, 1.54) is 9.45 Å². The molecule has 0 aliphatic carbocycles. The molecule has 0 amide bonds. The van der Waals surface area contributed by atoms with Crippen molar-refractivity contribution in [2.75, 3.05) is 0 Å². The molecule has 0 aromatic carbocycles. The Morgan fingerprint density at radius 1 is 1.17 bits per heavy atom. The van der Waals surface area contributed by atoms with Gasteiger partial charge in [0.05, 0.1) is 0 Å². The number of rotatable bonds is 2. The summed E-state index contributed by atoms with van der Waals surface area (Å²) in [6, 6.07) is 0. The molecule has 0 bridgehead atoms. The summed E-state index contributed by atoms with van der Waals surface area (Å²) >= 11 is 0.528. The Morgan fingerprint density at radius 3 is 1.50 bits per heavy atom. The van der Waals surface area contributed by atoms with E-state index in [4.69, 9.17) is 0 Å². The van der Waals surface area contributed by atoms with Gasteiger partial charge < -0.3 is 5.48 Å². The molecule has 2 heteroatoms.